The molecule has 0 unspecified atom stereocenters. The maximum atomic E-state index is 13.9. The molecule has 6 rings (SSSR count). The third-order valence-corrected chi connectivity index (χ3v) is 6.10. The van der Waals surface area contributed by atoms with Crippen molar-refractivity contribution >= 4 is 39.5 Å². The summed E-state index contributed by atoms with van der Waals surface area (Å²) >= 11 is 5.86. The Labute approximate surface area is 210 Å². The first-order chi connectivity index (χ1) is 17.8. The third kappa shape index (κ3) is 4.08. The van der Waals surface area contributed by atoms with E-state index in [1.165, 1.54) is 18.5 Å². The number of halogens is 4. The first-order valence-electron chi connectivity index (χ1n) is 11.0. The van der Waals surface area contributed by atoms with Crippen LogP contribution in [0.1, 0.15) is 5.56 Å². The number of nitrogens with zero attached hydrogens (tertiary/aromatic N) is 4. The molecular weight excluding hydrogens is 513 g/mol. The van der Waals surface area contributed by atoms with Crippen molar-refractivity contribution in [1.82, 2.24) is 24.7 Å². The zero-order valence-corrected chi connectivity index (χ0v) is 19.5. The molecule has 0 saturated heterocycles. The highest BCUT2D eigenvalue weighted by Gasteiger charge is 2.35. The van der Waals surface area contributed by atoms with Gasteiger partial charge in [-0.25, -0.2) is 4.98 Å². The van der Waals surface area contributed by atoms with E-state index >= 15 is 0 Å². The monoisotopic (exact) mass is 528 g/mol. The van der Waals surface area contributed by atoms with E-state index in [0.29, 0.717) is 11.5 Å². The number of H-pyrrole nitrogens is 1. The molecule has 13 heteroatoms. The minimum atomic E-state index is -4.78. The summed E-state index contributed by atoms with van der Waals surface area (Å²) in [5, 5.41) is 9.94. The van der Waals surface area contributed by atoms with Crippen LogP contribution in [0.3, 0.4) is 0 Å². The lowest BCUT2D eigenvalue weighted by molar-refractivity contribution is -0.137. The van der Waals surface area contributed by atoms with Gasteiger partial charge in [0.25, 0.3) is 5.56 Å². The molecule has 0 bridgehead atoms. The molecule has 0 radical (unpaired) electrons. The summed E-state index contributed by atoms with van der Waals surface area (Å²) in [4.78, 5) is 22.1. The van der Waals surface area contributed by atoms with Crippen molar-refractivity contribution in [1.29, 1.82) is 0 Å². The molecule has 188 valence electrons. The summed E-state index contributed by atoms with van der Waals surface area (Å²) < 4.78 is 54.4. The van der Waals surface area contributed by atoms with Crippen molar-refractivity contribution in [2.24, 2.45) is 0 Å². The van der Waals surface area contributed by atoms with Crippen molar-refractivity contribution in [2.45, 2.75) is 12.3 Å². The van der Waals surface area contributed by atoms with E-state index in [9.17, 15) is 18.0 Å². The van der Waals surface area contributed by atoms with Crippen molar-refractivity contribution in [3.63, 3.8) is 0 Å². The lowest BCUT2D eigenvalue weighted by Gasteiger charge is -2.26. The number of para-hydroxylation sites is 2. The van der Waals surface area contributed by atoms with E-state index in [-0.39, 0.29) is 52.2 Å². The highest BCUT2D eigenvalue weighted by atomic mass is 35.5. The van der Waals surface area contributed by atoms with Crippen molar-refractivity contribution < 1.29 is 22.6 Å². The second-order valence-corrected chi connectivity index (χ2v) is 8.69. The molecule has 2 N–H and O–H groups in total. The summed E-state index contributed by atoms with van der Waals surface area (Å²) in [5.41, 5.74) is -2.03. The molecule has 1 atom stereocenters. The topological polar surface area (TPSA) is 107 Å². The van der Waals surface area contributed by atoms with Crippen molar-refractivity contribution in [3.8, 4) is 17.2 Å². The number of benzene rings is 2. The Morgan fingerprint density at radius 3 is 2.78 bits per heavy atom. The van der Waals surface area contributed by atoms with Crippen molar-refractivity contribution in [2.75, 3.05) is 18.5 Å². The standard InChI is InChI=1S/C24H16ClF3N6O3/c25-12-5-6-17(16(7-12)24(26,27)28)34-21-14(20-15(22(34)35)10-31-33-20)9-30-23(32-21)29-8-13-11-36-18-3-1-2-4-19(18)37-13/h1-7,9-10,13H,8,11H2,(H,31,33)(H,29,30,32)/t13-/m0/s1. The average molecular weight is 529 g/mol. The van der Waals surface area contributed by atoms with Crippen LogP contribution in [0.4, 0.5) is 19.1 Å². The van der Waals surface area contributed by atoms with Crippen LogP contribution in [0.15, 0.2) is 59.7 Å². The first-order valence-corrected chi connectivity index (χ1v) is 11.4. The number of alkyl halides is 3. The normalized spacial score (nSPS) is 15.3. The van der Waals surface area contributed by atoms with Gasteiger partial charge in [0.1, 0.15) is 18.2 Å². The first kappa shape index (κ1) is 23.1. The summed E-state index contributed by atoms with van der Waals surface area (Å²) in [6.45, 7) is 0.513. The number of fused-ring (bicyclic) bond motifs is 4. The average Bonchev–Trinajstić information content (AvgIpc) is 3.38. The molecule has 1 aliphatic heterocycles. The van der Waals surface area contributed by atoms with E-state index in [1.807, 2.05) is 12.1 Å². The maximum Gasteiger partial charge on any atom is 0.418 e. The Balaban J connectivity index is 1.44. The zero-order chi connectivity index (χ0) is 25.7. The van der Waals surface area contributed by atoms with Gasteiger partial charge in [-0.1, -0.05) is 23.7 Å². The number of pyridine rings is 1. The van der Waals surface area contributed by atoms with Crippen LogP contribution < -0.4 is 20.3 Å². The van der Waals surface area contributed by atoms with Crippen LogP contribution in [0, 0.1) is 0 Å². The third-order valence-electron chi connectivity index (χ3n) is 5.87. The van der Waals surface area contributed by atoms with Crippen molar-refractivity contribution in [3.05, 3.63) is 75.8 Å². The maximum absolute atomic E-state index is 13.9. The predicted octanol–water partition coefficient (Wildman–Crippen LogP) is 4.58. The van der Waals surface area contributed by atoms with E-state index in [1.54, 1.807) is 12.1 Å². The molecule has 0 amide bonds. The molecule has 5 aromatic rings. The lowest BCUT2D eigenvalue weighted by atomic mass is 10.1. The van der Waals surface area contributed by atoms with Gasteiger partial charge in [0.2, 0.25) is 5.95 Å². The van der Waals surface area contributed by atoms with Crippen LogP contribution in [-0.2, 0) is 6.18 Å². The molecule has 37 heavy (non-hydrogen) atoms. The molecule has 0 fully saturated rings. The molecular formula is C24H16ClF3N6O3. The second-order valence-electron chi connectivity index (χ2n) is 8.26. The molecule has 9 nitrogen and oxygen atoms in total. The number of hydrogen-bond acceptors (Lipinski definition) is 7. The smallest absolute Gasteiger partial charge is 0.418 e. The number of hydrogen-bond donors (Lipinski definition) is 2. The van der Waals surface area contributed by atoms with Gasteiger partial charge in [-0.05, 0) is 30.3 Å². The highest BCUT2D eigenvalue weighted by Crippen LogP contribution is 2.36. The summed E-state index contributed by atoms with van der Waals surface area (Å²) in [5.74, 6) is 1.31. The van der Waals surface area contributed by atoms with Gasteiger partial charge in [-0.3, -0.25) is 14.5 Å². The fraction of sp³-hybridized carbons (Fsp3) is 0.167. The zero-order valence-electron chi connectivity index (χ0n) is 18.7. The van der Waals surface area contributed by atoms with Gasteiger partial charge in [0.05, 0.1) is 28.6 Å². The van der Waals surface area contributed by atoms with Gasteiger partial charge < -0.3 is 14.8 Å². The van der Waals surface area contributed by atoms with Crippen LogP contribution in [0.25, 0.3) is 27.6 Å². The van der Waals surface area contributed by atoms with Crippen LogP contribution in [0.2, 0.25) is 5.02 Å². The van der Waals surface area contributed by atoms with E-state index < -0.39 is 23.0 Å². The molecule has 0 aliphatic carbocycles. The predicted molar refractivity (Wildman–Crippen MR) is 130 cm³/mol. The van der Waals surface area contributed by atoms with Gasteiger partial charge in [-0.2, -0.15) is 23.3 Å². The molecule has 0 spiro atoms. The fourth-order valence-electron chi connectivity index (χ4n) is 4.19. The van der Waals surface area contributed by atoms with Gasteiger partial charge in [-0.15, -0.1) is 0 Å². The van der Waals surface area contributed by atoms with Gasteiger partial charge >= 0.3 is 6.18 Å². The Kier molecular flexibility index (Phi) is 5.41. The Morgan fingerprint density at radius 2 is 1.97 bits per heavy atom. The SMILES string of the molecule is O=c1c2c[nH]nc2c2cnc(NC[C@H]3COc4ccccc4O3)nc2n1-c1ccc(Cl)cc1C(F)(F)F. The molecule has 2 aromatic carbocycles. The quantitative estimate of drug-likeness (QED) is 0.351. The fourth-order valence-corrected chi connectivity index (χ4v) is 4.37. The number of anilines is 1. The molecule has 0 saturated carbocycles. The van der Waals surface area contributed by atoms with Gasteiger partial charge in [0, 0.05) is 17.4 Å². The lowest BCUT2D eigenvalue weighted by Crippen LogP contribution is -2.35. The minimum absolute atomic E-state index is 0.0546. The summed E-state index contributed by atoms with van der Waals surface area (Å²) in [7, 11) is 0. The van der Waals surface area contributed by atoms with Gasteiger partial charge in [0.15, 0.2) is 17.1 Å². The highest BCUT2D eigenvalue weighted by molar-refractivity contribution is 6.30. The molecule has 4 heterocycles. The number of aromatic amines is 1. The number of nitrogens with one attached hydrogen (secondary N) is 2. The van der Waals surface area contributed by atoms with Crippen LogP contribution in [0.5, 0.6) is 11.5 Å². The minimum Gasteiger partial charge on any atom is -0.486 e. The largest absolute Gasteiger partial charge is 0.486 e. The molecule has 3 aromatic heterocycles. The van der Waals surface area contributed by atoms with Crippen LogP contribution in [-0.4, -0.2) is 44.0 Å². The number of aromatic nitrogens is 5. The number of ether oxygens (including phenoxy) is 2. The van der Waals surface area contributed by atoms with Crippen LogP contribution >= 0.6 is 11.6 Å². The Hall–Kier alpha value is -4.32. The van der Waals surface area contributed by atoms with E-state index in [4.69, 9.17) is 21.1 Å². The van der Waals surface area contributed by atoms with E-state index in [0.717, 1.165) is 16.7 Å². The Bertz CT molecular complexity index is 1720. The summed E-state index contributed by atoms with van der Waals surface area (Å²) in [6.07, 6.45) is -2.43. The second kappa shape index (κ2) is 8.66. The van der Waals surface area contributed by atoms with E-state index in [2.05, 4.69) is 25.5 Å². The summed E-state index contributed by atoms with van der Waals surface area (Å²) in [6, 6.07) is 10.4. The molecule has 1 aliphatic rings. The Morgan fingerprint density at radius 1 is 1.16 bits per heavy atom. The number of rotatable bonds is 4.